The molecule has 3 heteroatoms. The van der Waals surface area contributed by atoms with Crippen molar-refractivity contribution in [3.05, 3.63) is 64.1 Å². The molecule has 90 valence electrons. The second-order valence-corrected chi connectivity index (χ2v) is 5.65. The largest absolute Gasteiger partial charge is 0.332 e. The van der Waals surface area contributed by atoms with Gasteiger partial charge in [-0.05, 0) is 36.2 Å². The third-order valence-corrected chi connectivity index (χ3v) is 4.15. The lowest BCUT2D eigenvalue weighted by atomic mass is 9.99. The van der Waals surface area contributed by atoms with Crippen molar-refractivity contribution in [2.45, 2.75) is 6.42 Å². The quantitative estimate of drug-likeness (QED) is 0.726. The second-order valence-electron chi connectivity index (χ2n) is 4.34. The Morgan fingerprint density at radius 1 is 1.06 bits per heavy atom. The van der Waals surface area contributed by atoms with E-state index in [9.17, 15) is 0 Å². The molecule has 0 aliphatic carbocycles. The van der Waals surface area contributed by atoms with E-state index in [0.717, 1.165) is 22.4 Å². The fraction of sp³-hybridized carbons (Fsp3) is 0.133. The van der Waals surface area contributed by atoms with E-state index in [-0.39, 0.29) is 0 Å². The summed E-state index contributed by atoms with van der Waals surface area (Å²) in [6, 6.07) is 16.7. The predicted octanol–water partition coefficient (Wildman–Crippen LogP) is 4.19. The Balaban J connectivity index is 2.02. The average Bonchev–Trinajstić information content (AvgIpc) is 2.41. The second kappa shape index (κ2) is 4.82. The summed E-state index contributed by atoms with van der Waals surface area (Å²) >= 11 is 9.14. The third-order valence-electron chi connectivity index (χ3n) is 3.22. The molecule has 1 aliphatic heterocycles. The van der Waals surface area contributed by atoms with E-state index in [1.54, 1.807) is 0 Å². The summed E-state index contributed by atoms with van der Waals surface area (Å²) in [6.45, 7) is 0.956. The zero-order chi connectivity index (χ0) is 12.5. The van der Waals surface area contributed by atoms with Gasteiger partial charge in [-0.1, -0.05) is 52.4 Å². The van der Waals surface area contributed by atoms with Crippen LogP contribution in [-0.4, -0.2) is 11.5 Å². The highest BCUT2D eigenvalue weighted by Gasteiger charge is 2.21. The van der Waals surface area contributed by atoms with Crippen molar-refractivity contribution in [2.24, 2.45) is 0 Å². The Kier molecular flexibility index (Phi) is 3.18. The standard InChI is InChI=1S/C15H12BrNS/c16-12-7-6-11-8-9-17(15(18)14(11)10-12)13-4-2-1-3-5-13/h1-7,10H,8-9H2. The molecule has 0 amide bonds. The highest BCUT2D eigenvalue weighted by molar-refractivity contribution is 9.10. The molecule has 3 rings (SSSR count). The number of rotatable bonds is 1. The van der Waals surface area contributed by atoms with Gasteiger partial charge in [0, 0.05) is 22.3 Å². The Morgan fingerprint density at radius 2 is 1.83 bits per heavy atom. The van der Waals surface area contributed by atoms with Crippen LogP contribution in [-0.2, 0) is 6.42 Å². The normalized spacial score (nSPS) is 14.5. The van der Waals surface area contributed by atoms with E-state index >= 15 is 0 Å². The number of halogens is 1. The molecule has 0 unspecified atom stereocenters. The van der Waals surface area contributed by atoms with Crippen molar-refractivity contribution in [3.8, 4) is 0 Å². The zero-order valence-electron chi connectivity index (χ0n) is 9.77. The van der Waals surface area contributed by atoms with E-state index in [0.29, 0.717) is 0 Å². The number of benzene rings is 2. The minimum absolute atomic E-state index is 0.920. The van der Waals surface area contributed by atoms with E-state index in [4.69, 9.17) is 12.2 Å². The first-order valence-corrected chi connectivity index (χ1v) is 7.11. The van der Waals surface area contributed by atoms with Crippen LogP contribution < -0.4 is 4.90 Å². The first-order valence-electron chi connectivity index (χ1n) is 5.91. The zero-order valence-corrected chi connectivity index (χ0v) is 12.2. The number of nitrogens with zero attached hydrogens (tertiary/aromatic N) is 1. The van der Waals surface area contributed by atoms with E-state index in [2.05, 4.69) is 51.2 Å². The van der Waals surface area contributed by atoms with Crippen LogP contribution in [0.3, 0.4) is 0 Å². The maximum atomic E-state index is 5.63. The van der Waals surface area contributed by atoms with E-state index in [1.165, 1.54) is 16.8 Å². The molecular formula is C15H12BrNS. The lowest BCUT2D eigenvalue weighted by Gasteiger charge is -2.31. The summed E-state index contributed by atoms with van der Waals surface area (Å²) in [7, 11) is 0. The van der Waals surface area contributed by atoms with Gasteiger partial charge in [-0.25, -0.2) is 0 Å². The van der Waals surface area contributed by atoms with Gasteiger partial charge < -0.3 is 4.90 Å². The maximum Gasteiger partial charge on any atom is 0.113 e. The number of hydrogen-bond donors (Lipinski definition) is 0. The molecule has 0 N–H and O–H groups in total. The molecule has 0 atom stereocenters. The fourth-order valence-corrected chi connectivity index (χ4v) is 3.05. The lowest BCUT2D eigenvalue weighted by Crippen LogP contribution is -2.36. The molecule has 0 bridgehead atoms. The van der Waals surface area contributed by atoms with Gasteiger partial charge in [0.1, 0.15) is 4.99 Å². The molecule has 1 nitrogen and oxygen atoms in total. The van der Waals surface area contributed by atoms with Gasteiger partial charge in [0.25, 0.3) is 0 Å². The van der Waals surface area contributed by atoms with Gasteiger partial charge in [0.05, 0.1) is 0 Å². The molecule has 0 radical (unpaired) electrons. The van der Waals surface area contributed by atoms with Gasteiger partial charge in [-0.3, -0.25) is 0 Å². The van der Waals surface area contributed by atoms with Gasteiger partial charge in [-0.15, -0.1) is 0 Å². The number of thiocarbonyl (C=S) groups is 1. The van der Waals surface area contributed by atoms with Crippen LogP contribution in [0, 0.1) is 0 Å². The Morgan fingerprint density at radius 3 is 2.61 bits per heavy atom. The first kappa shape index (κ1) is 11.9. The average molecular weight is 318 g/mol. The number of hydrogen-bond acceptors (Lipinski definition) is 1. The van der Waals surface area contributed by atoms with Crippen molar-refractivity contribution in [2.75, 3.05) is 11.4 Å². The van der Waals surface area contributed by atoms with Crippen LogP contribution in [0.1, 0.15) is 11.1 Å². The molecule has 0 fully saturated rings. The minimum Gasteiger partial charge on any atom is -0.332 e. The minimum atomic E-state index is 0.920. The summed E-state index contributed by atoms with van der Waals surface area (Å²) < 4.78 is 1.08. The Bertz CT molecular complexity index is 595. The fourth-order valence-electron chi connectivity index (χ4n) is 2.30. The third kappa shape index (κ3) is 2.08. The van der Waals surface area contributed by atoms with Crippen LogP contribution in [0.5, 0.6) is 0 Å². The SMILES string of the molecule is S=C1c2cc(Br)ccc2CCN1c1ccccc1. The number of para-hydroxylation sites is 1. The summed E-state index contributed by atoms with van der Waals surface area (Å²) in [5, 5.41) is 0. The Hall–Kier alpha value is -1.19. The van der Waals surface area contributed by atoms with Crippen molar-refractivity contribution in [3.63, 3.8) is 0 Å². The van der Waals surface area contributed by atoms with Gasteiger partial charge >= 0.3 is 0 Å². The smallest absolute Gasteiger partial charge is 0.113 e. The molecule has 2 aromatic carbocycles. The van der Waals surface area contributed by atoms with Crippen molar-refractivity contribution in [1.82, 2.24) is 0 Å². The van der Waals surface area contributed by atoms with E-state index < -0.39 is 0 Å². The molecule has 2 aromatic rings. The van der Waals surface area contributed by atoms with Crippen LogP contribution in [0.25, 0.3) is 0 Å². The predicted molar refractivity (Wildman–Crippen MR) is 83.3 cm³/mol. The number of fused-ring (bicyclic) bond motifs is 1. The van der Waals surface area contributed by atoms with Crippen molar-refractivity contribution >= 4 is 38.8 Å². The molecule has 18 heavy (non-hydrogen) atoms. The highest BCUT2D eigenvalue weighted by Crippen LogP contribution is 2.27. The maximum absolute atomic E-state index is 5.63. The van der Waals surface area contributed by atoms with Crippen molar-refractivity contribution < 1.29 is 0 Å². The molecule has 0 spiro atoms. The van der Waals surface area contributed by atoms with Crippen molar-refractivity contribution in [1.29, 1.82) is 0 Å². The van der Waals surface area contributed by atoms with Gasteiger partial charge in [-0.2, -0.15) is 0 Å². The van der Waals surface area contributed by atoms with Crippen LogP contribution in [0.4, 0.5) is 5.69 Å². The van der Waals surface area contributed by atoms with Gasteiger partial charge in [0.15, 0.2) is 0 Å². The molecule has 0 aromatic heterocycles. The topological polar surface area (TPSA) is 3.24 Å². The summed E-state index contributed by atoms with van der Waals surface area (Å²) in [5.74, 6) is 0. The van der Waals surface area contributed by atoms with Crippen LogP contribution in [0.2, 0.25) is 0 Å². The molecule has 0 saturated heterocycles. The molecule has 1 aliphatic rings. The Labute approximate surface area is 121 Å². The molecular weight excluding hydrogens is 306 g/mol. The molecule has 0 saturated carbocycles. The first-order chi connectivity index (χ1) is 8.75. The van der Waals surface area contributed by atoms with Gasteiger partial charge in [0.2, 0.25) is 0 Å². The summed E-state index contributed by atoms with van der Waals surface area (Å²) in [4.78, 5) is 3.13. The molecule has 1 heterocycles. The number of anilines is 1. The van der Waals surface area contributed by atoms with Crippen LogP contribution >= 0.6 is 28.1 Å². The summed E-state index contributed by atoms with van der Waals surface area (Å²) in [5.41, 5.74) is 3.69. The summed E-state index contributed by atoms with van der Waals surface area (Å²) in [6.07, 6.45) is 1.04. The van der Waals surface area contributed by atoms with Crippen LogP contribution in [0.15, 0.2) is 53.0 Å². The highest BCUT2D eigenvalue weighted by atomic mass is 79.9. The lowest BCUT2D eigenvalue weighted by molar-refractivity contribution is 0.912. The van der Waals surface area contributed by atoms with E-state index in [1.807, 2.05) is 18.2 Å². The monoisotopic (exact) mass is 317 g/mol.